The Hall–Kier alpha value is -2.71. The van der Waals surface area contributed by atoms with Gasteiger partial charge >= 0.3 is 0 Å². The quantitative estimate of drug-likeness (QED) is 0.125. The van der Waals surface area contributed by atoms with Crippen molar-refractivity contribution in [1.29, 1.82) is 0 Å². The van der Waals surface area contributed by atoms with E-state index in [0.717, 1.165) is 0 Å². The van der Waals surface area contributed by atoms with Crippen molar-refractivity contribution < 1.29 is 4.92 Å². The van der Waals surface area contributed by atoms with Crippen molar-refractivity contribution in [2.75, 3.05) is 12.3 Å². The fraction of sp³-hybridized carbons (Fsp3) is 0.200. The minimum Gasteiger partial charge on any atom is -0.399 e. The van der Waals surface area contributed by atoms with E-state index in [9.17, 15) is 10.1 Å². The van der Waals surface area contributed by atoms with Crippen LogP contribution >= 0.6 is 0 Å². The summed E-state index contributed by atoms with van der Waals surface area (Å²) in [6, 6.07) is 4.30. The summed E-state index contributed by atoms with van der Waals surface area (Å²) in [7, 11) is 0. The molecule has 2 N–H and O–H groups in total. The van der Waals surface area contributed by atoms with Crippen LogP contribution in [0.2, 0.25) is 0 Å². The molecular weight excluding hydrogens is 222 g/mol. The van der Waals surface area contributed by atoms with Crippen LogP contribution in [0.4, 0.5) is 11.4 Å². The average molecular weight is 231 g/mol. The highest BCUT2D eigenvalue weighted by Crippen LogP contribution is 2.20. The molecule has 7 heteroatoms. The van der Waals surface area contributed by atoms with E-state index in [1.54, 1.807) is 6.07 Å². The SMILES string of the molecule is [N-]=[N+]=NCCC#Cc1ccc(N)cc1[N+](=O)[O-]. The number of nitrogens with zero attached hydrogens (tertiary/aromatic N) is 4. The smallest absolute Gasteiger partial charge is 0.286 e. The van der Waals surface area contributed by atoms with Crippen molar-refractivity contribution in [3.63, 3.8) is 0 Å². The van der Waals surface area contributed by atoms with Crippen LogP contribution in [0, 0.1) is 22.0 Å². The third-order valence-electron chi connectivity index (χ3n) is 1.84. The lowest BCUT2D eigenvalue weighted by atomic mass is 10.1. The fourth-order valence-corrected chi connectivity index (χ4v) is 1.11. The van der Waals surface area contributed by atoms with Gasteiger partial charge in [0, 0.05) is 29.6 Å². The summed E-state index contributed by atoms with van der Waals surface area (Å²) >= 11 is 0. The van der Waals surface area contributed by atoms with E-state index in [0.29, 0.717) is 17.7 Å². The van der Waals surface area contributed by atoms with Crippen molar-refractivity contribution in [3.05, 3.63) is 44.3 Å². The molecule has 0 bridgehead atoms. The van der Waals surface area contributed by atoms with Crippen LogP contribution in [0.1, 0.15) is 12.0 Å². The molecule has 86 valence electrons. The second-order valence-corrected chi connectivity index (χ2v) is 3.04. The molecule has 0 atom stereocenters. The van der Waals surface area contributed by atoms with Crippen LogP contribution < -0.4 is 5.73 Å². The Bertz CT molecular complexity index is 537. The number of azide groups is 1. The minimum absolute atomic E-state index is 0.124. The standard InChI is InChI=1S/C10H9N5O2/c11-9-5-4-8(10(7-9)15(16)17)3-1-2-6-13-14-12/h4-5,7H,2,6,11H2. The van der Waals surface area contributed by atoms with Gasteiger partial charge in [-0.1, -0.05) is 17.0 Å². The summed E-state index contributed by atoms with van der Waals surface area (Å²) in [4.78, 5) is 12.8. The molecular formula is C10H9N5O2. The third kappa shape index (κ3) is 3.74. The summed E-state index contributed by atoms with van der Waals surface area (Å²) in [5, 5.41) is 14.0. The zero-order chi connectivity index (χ0) is 12.7. The molecule has 0 unspecified atom stereocenters. The summed E-state index contributed by atoms with van der Waals surface area (Å²) < 4.78 is 0. The third-order valence-corrected chi connectivity index (χ3v) is 1.84. The summed E-state index contributed by atoms with van der Waals surface area (Å²) in [6.07, 6.45) is 0.353. The van der Waals surface area contributed by atoms with Crippen LogP contribution in [0.5, 0.6) is 0 Å². The lowest BCUT2D eigenvalue weighted by Crippen LogP contribution is -1.94. The Morgan fingerprint density at radius 3 is 3.00 bits per heavy atom. The number of nitrogen functional groups attached to an aromatic ring is 1. The van der Waals surface area contributed by atoms with Gasteiger partial charge < -0.3 is 5.73 Å². The van der Waals surface area contributed by atoms with Crippen molar-refractivity contribution >= 4 is 11.4 Å². The molecule has 0 aliphatic heterocycles. The van der Waals surface area contributed by atoms with Gasteiger partial charge in [0.2, 0.25) is 0 Å². The molecule has 0 amide bonds. The lowest BCUT2D eigenvalue weighted by Gasteiger charge is -1.96. The summed E-state index contributed by atoms with van der Waals surface area (Å²) in [5.41, 5.74) is 14.0. The number of benzene rings is 1. The maximum Gasteiger partial charge on any atom is 0.286 e. The van der Waals surface area contributed by atoms with Gasteiger partial charge in [-0.15, -0.1) is 0 Å². The number of nitrogens with two attached hydrogens (primary N) is 1. The minimum atomic E-state index is -0.534. The zero-order valence-corrected chi connectivity index (χ0v) is 8.83. The highest BCUT2D eigenvalue weighted by Gasteiger charge is 2.11. The van der Waals surface area contributed by atoms with Gasteiger partial charge in [0.25, 0.3) is 5.69 Å². The molecule has 1 aromatic rings. The van der Waals surface area contributed by atoms with Crippen LogP contribution in [-0.2, 0) is 0 Å². The van der Waals surface area contributed by atoms with E-state index >= 15 is 0 Å². The molecule has 0 aliphatic carbocycles. The Labute approximate surface area is 97.0 Å². The molecule has 1 aromatic carbocycles. The highest BCUT2D eigenvalue weighted by atomic mass is 16.6. The molecule has 0 aliphatic rings. The van der Waals surface area contributed by atoms with Crippen LogP contribution in [0.3, 0.4) is 0 Å². The van der Waals surface area contributed by atoms with E-state index in [-0.39, 0.29) is 12.2 Å². The van der Waals surface area contributed by atoms with Gasteiger partial charge in [0.05, 0.1) is 4.92 Å². The fourth-order valence-electron chi connectivity index (χ4n) is 1.11. The highest BCUT2D eigenvalue weighted by molar-refractivity contribution is 5.58. The van der Waals surface area contributed by atoms with Gasteiger partial charge in [0.15, 0.2) is 0 Å². The van der Waals surface area contributed by atoms with Crippen molar-refractivity contribution in [2.24, 2.45) is 5.11 Å². The van der Waals surface area contributed by atoms with E-state index in [1.807, 2.05) is 0 Å². The molecule has 0 spiro atoms. The first-order valence-electron chi connectivity index (χ1n) is 4.69. The number of hydrogen-bond donors (Lipinski definition) is 1. The molecule has 7 nitrogen and oxygen atoms in total. The maximum atomic E-state index is 10.7. The second kappa shape index (κ2) is 6.00. The first kappa shape index (κ1) is 12.4. The van der Waals surface area contributed by atoms with Gasteiger partial charge in [0.1, 0.15) is 5.56 Å². The Balaban J connectivity index is 2.90. The van der Waals surface area contributed by atoms with Crippen LogP contribution in [0.25, 0.3) is 10.4 Å². The van der Waals surface area contributed by atoms with Crippen molar-refractivity contribution in [1.82, 2.24) is 0 Å². The normalized spacial score (nSPS) is 8.71. The molecule has 0 heterocycles. The monoisotopic (exact) mass is 231 g/mol. The summed E-state index contributed by atoms with van der Waals surface area (Å²) in [6.45, 7) is 0.242. The maximum absolute atomic E-state index is 10.7. The molecule has 0 fully saturated rings. The number of anilines is 1. The Morgan fingerprint density at radius 2 is 2.35 bits per heavy atom. The van der Waals surface area contributed by atoms with E-state index in [4.69, 9.17) is 11.3 Å². The summed E-state index contributed by atoms with van der Waals surface area (Å²) in [5.74, 6) is 5.34. The molecule has 0 radical (unpaired) electrons. The largest absolute Gasteiger partial charge is 0.399 e. The lowest BCUT2D eigenvalue weighted by molar-refractivity contribution is -0.385. The predicted molar refractivity (Wildman–Crippen MR) is 63.0 cm³/mol. The molecule has 17 heavy (non-hydrogen) atoms. The van der Waals surface area contributed by atoms with E-state index in [1.165, 1.54) is 12.1 Å². The van der Waals surface area contributed by atoms with Gasteiger partial charge in [-0.2, -0.15) is 0 Å². The number of nitro benzene ring substituents is 1. The van der Waals surface area contributed by atoms with Gasteiger partial charge in [-0.3, -0.25) is 10.1 Å². The Kier molecular flexibility index (Phi) is 4.36. The first-order valence-corrected chi connectivity index (χ1v) is 4.69. The molecule has 0 aromatic heterocycles. The predicted octanol–water partition coefficient (Wildman–Crippen LogP) is 2.23. The second-order valence-electron chi connectivity index (χ2n) is 3.04. The van der Waals surface area contributed by atoms with Crippen molar-refractivity contribution in [2.45, 2.75) is 6.42 Å². The zero-order valence-electron chi connectivity index (χ0n) is 8.83. The average Bonchev–Trinajstić information content (AvgIpc) is 2.30. The molecule has 1 rings (SSSR count). The molecule has 0 saturated heterocycles. The van der Waals surface area contributed by atoms with E-state index < -0.39 is 4.92 Å². The number of nitro groups is 1. The van der Waals surface area contributed by atoms with E-state index in [2.05, 4.69) is 21.9 Å². The van der Waals surface area contributed by atoms with Crippen LogP contribution in [-0.4, -0.2) is 11.5 Å². The van der Waals surface area contributed by atoms with Crippen LogP contribution in [0.15, 0.2) is 23.3 Å². The van der Waals surface area contributed by atoms with Crippen molar-refractivity contribution in [3.8, 4) is 11.8 Å². The van der Waals surface area contributed by atoms with Gasteiger partial charge in [-0.25, -0.2) is 0 Å². The number of hydrogen-bond acceptors (Lipinski definition) is 4. The molecule has 0 saturated carbocycles. The van der Waals surface area contributed by atoms with Gasteiger partial charge in [-0.05, 0) is 17.7 Å². The topological polar surface area (TPSA) is 118 Å². The first-order chi connectivity index (χ1) is 8.15. The number of rotatable bonds is 3. The Morgan fingerprint density at radius 1 is 1.59 bits per heavy atom.